The molecular formula is C15H23N5O. The van der Waals surface area contributed by atoms with E-state index in [0.29, 0.717) is 17.5 Å². The minimum atomic E-state index is -0.235. The Balaban J connectivity index is 1.84. The number of aryl methyl sites for hydroxylation is 1. The molecule has 1 aliphatic carbocycles. The number of hydrogen-bond donors (Lipinski definition) is 2. The van der Waals surface area contributed by atoms with Gasteiger partial charge in [0.05, 0.1) is 0 Å². The molecule has 0 bridgehead atoms. The molecule has 1 aliphatic rings. The molecule has 0 saturated heterocycles. The fourth-order valence-electron chi connectivity index (χ4n) is 3.45. The van der Waals surface area contributed by atoms with Gasteiger partial charge in [0.25, 0.3) is 0 Å². The molecule has 2 N–H and O–H groups in total. The van der Waals surface area contributed by atoms with Crippen LogP contribution >= 0.6 is 0 Å². The minimum absolute atomic E-state index is 0.235. The maximum absolute atomic E-state index is 11.6. The molecule has 1 fully saturated rings. The van der Waals surface area contributed by atoms with Crippen LogP contribution in [0.2, 0.25) is 0 Å². The average Bonchev–Trinajstić information content (AvgIpc) is 2.87. The second kappa shape index (κ2) is 5.87. The standard InChI is InChI=1S/C15H23N5O/c1-3-12(11-7-5-4-6-8-11)17-13-9-14-18-19-15(21)20(14)10(2)16-13/h9,11-12,17H,3-8H2,1-2H3,(H,19,21). The molecule has 0 aliphatic heterocycles. The van der Waals surface area contributed by atoms with Gasteiger partial charge >= 0.3 is 5.69 Å². The monoisotopic (exact) mass is 289 g/mol. The average molecular weight is 289 g/mol. The maximum Gasteiger partial charge on any atom is 0.349 e. The van der Waals surface area contributed by atoms with E-state index < -0.39 is 0 Å². The van der Waals surface area contributed by atoms with Crippen LogP contribution in [0.1, 0.15) is 51.3 Å². The molecule has 114 valence electrons. The number of nitrogens with zero attached hydrogens (tertiary/aromatic N) is 3. The number of nitrogens with one attached hydrogen (secondary N) is 2. The summed E-state index contributed by atoms with van der Waals surface area (Å²) in [6.45, 7) is 4.05. The van der Waals surface area contributed by atoms with E-state index in [1.165, 1.54) is 36.5 Å². The number of H-pyrrole nitrogens is 1. The summed E-state index contributed by atoms with van der Waals surface area (Å²) in [5, 5.41) is 10.1. The first kappa shape index (κ1) is 14.1. The molecule has 6 nitrogen and oxygen atoms in total. The fraction of sp³-hybridized carbons (Fsp3) is 0.667. The summed E-state index contributed by atoms with van der Waals surface area (Å²) in [4.78, 5) is 16.1. The lowest BCUT2D eigenvalue weighted by Gasteiger charge is -2.30. The number of aromatic nitrogens is 4. The van der Waals surface area contributed by atoms with Crippen molar-refractivity contribution in [2.45, 2.75) is 58.4 Å². The van der Waals surface area contributed by atoms with E-state index in [9.17, 15) is 4.79 Å². The van der Waals surface area contributed by atoms with Gasteiger partial charge in [0.15, 0.2) is 5.65 Å². The first-order valence-electron chi connectivity index (χ1n) is 7.90. The lowest BCUT2D eigenvalue weighted by Crippen LogP contribution is -2.30. The van der Waals surface area contributed by atoms with Gasteiger partial charge in [0.1, 0.15) is 11.6 Å². The van der Waals surface area contributed by atoms with E-state index in [1.54, 1.807) is 0 Å². The van der Waals surface area contributed by atoms with Crippen LogP contribution in [0, 0.1) is 12.8 Å². The summed E-state index contributed by atoms with van der Waals surface area (Å²) >= 11 is 0. The Hall–Kier alpha value is -1.85. The van der Waals surface area contributed by atoms with Crippen LogP contribution in [0.4, 0.5) is 5.82 Å². The van der Waals surface area contributed by atoms with Gasteiger partial charge in [-0.2, -0.15) is 5.10 Å². The van der Waals surface area contributed by atoms with Crippen LogP contribution in [-0.2, 0) is 0 Å². The Morgan fingerprint density at radius 2 is 2.19 bits per heavy atom. The molecule has 2 aromatic heterocycles. The van der Waals surface area contributed by atoms with Gasteiger partial charge in [0, 0.05) is 12.1 Å². The highest BCUT2D eigenvalue weighted by atomic mass is 16.1. The van der Waals surface area contributed by atoms with E-state index in [0.717, 1.165) is 18.2 Å². The van der Waals surface area contributed by atoms with Crippen LogP contribution in [0.5, 0.6) is 0 Å². The molecule has 2 heterocycles. The predicted molar refractivity (Wildman–Crippen MR) is 82.6 cm³/mol. The van der Waals surface area contributed by atoms with Gasteiger partial charge in [-0.1, -0.05) is 26.2 Å². The zero-order chi connectivity index (χ0) is 14.8. The Labute approximate surface area is 124 Å². The van der Waals surface area contributed by atoms with E-state index in [-0.39, 0.29) is 5.69 Å². The highest BCUT2D eigenvalue weighted by Gasteiger charge is 2.22. The number of aromatic amines is 1. The normalized spacial score (nSPS) is 18.0. The van der Waals surface area contributed by atoms with Crippen LogP contribution in [-0.4, -0.2) is 25.6 Å². The molecule has 0 amide bonds. The van der Waals surface area contributed by atoms with E-state index in [4.69, 9.17) is 0 Å². The molecule has 6 heteroatoms. The Morgan fingerprint density at radius 1 is 1.43 bits per heavy atom. The van der Waals surface area contributed by atoms with Crippen LogP contribution in [0.25, 0.3) is 5.65 Å². The van der Waals surface area contributed by atoms with Crippen molar-refractivity contribution in [2.24, 2.45) is 5.92 Å². The lowest BCUT2D eigenvalue weighted by molar-refractivity contribution is 0.312. The highest BCUT2D eigenvalue weighted by Crippen LogP contribution is 2.29. The third-order valence-corrected chi connectivity index (χ3v) is 4.56. The van der Waals surface area contributed by atoms with Crippen molar-refractivity contribution in [1.29, 1.82) is 0 Å². The molecule has 3 rings (SSSR count). The van der Waals surface area contributed by atoms with E-state index in [1.807, 2.05) is 13.0 Å². The SMILES string of the molecule is CCC(Nc1cc2n[nH]c(=O)n2c(C)n1)C1CCCCC1. The molecule has 0 aromatic carbocycles. The van der Waals surface area contributed by atoms with Crippen LogP contribution in [0.3, 0.4) is 0 Å². The van der Waals surface area contributed by atoms with Crippen molar-refractivity contribution in [1.82, 2.24) is 19.6 Å². The number of rotatable bonds is 4. The third-order valence-electron chi connectivity index (χ3n) is 4.56. The molecule has 21 heavy (non-hydrogen) atoms. The van der Waals surface area contributed by atoms with Gasteiger partial charge in [-0.25, -0.2) is 19.3 Å². The summed E-state index contributed by atoms with van der Waals surface area (Å²) in [6.07, 6.45) is 7.73. The summed E-state index contributed by atoms with van der Waals surface area (Å²) < 4.78 is 1.49. The largest absolute Gasteiger partial charge is 0.367 e. The first-order valence-corrected chi connectivity index (χ1v) is 7.90. The van der Waals surface area contributed by atoms with Crippen LogP contribution < -0.4 is 11.0 Å². The van der Waals surface area contributed by atoms with Crippen molar-refractivity contribution in [3.63, 3.8) is 0 Å². The first-order chi connectivity index (χ1) is 10.2. The number of fused-ring (bicyclic) bond motifs is 1. The molecule has 1 unspecified atom stereocenters. The second-order valence-electron chi connectivity index (χ2n) is 5.97. The minimum Gasteiger partial charge on any atom is -0.367 e. The molecule has 0 radical (unpaired) electrons. The summed E-state index contributed by atoms with van der Waals surface area (Å²) in [7, 11) is 0. The summed E-state index contributed by atoms with van der Waals surface area (Å²) in [5.41, 5.74) is 0.384. The third kappa shape index (κ3) is 2.80. The van der Waals surface area contributed by atoms with Gasteiger partial charge in [-0.3, -0.25) is 0 Å². The van der Waals surface area contributed by atoms with Crippen molar-refractivity contribution in [3.05, 3.63) is 22.4 Å². The van der Waals surface area contributed by atoms with E-state index in [2.05, 4.69) is 27.4 Å². The van der Waals surface area contributed by atoms with Gasteiger partial charge < -0.3 is 5.32 Å². The molecule has 1 saturated carbocycles. The summed E-state index contributed by atoms with van der Waals surface area (Å²) in [5.74, 6) is 2.20. The highest BCUT2D eigenvalue weighted by molar-refractivity contribution is 5.50. The molecular weight excluding hydrogens is 266 g/mol. The maximum atomic E-state index is 11.6. The Morgan fingerprint density at radius 3 is 2.90 bits per heavy atom. The molecule has 0 spiro atoms. The number of anilines is 1. The number of hydrogen-bond acceptors (Lipinski definition) is 4. The zero-order valence-electron chi connectivity index (χ0n) is 12.7. The quantitative estimate of drug-likeness (QED) is 0.906. The van der Waals surface area contributed by atoms with Crippen LogP contribution in [0.15, 0.2) is 10.9 Å². The zero-order valence-corrected chi connectivity index (χ0v) is 12.7. The Kier molecular flexibility index (Phi) is 3.94. The van der Waals surface area contributed by atoms with Gasteiger partial charge in [-0.05, 0) is 32.1 Å². The lowest BCUT2D eigenvalue weighted by atomic mass is 9.83. The van der Waals surface area contributed by atoms with Crippen molar-refractivity contribution >= 4 is 11.5 Å². The second-order valence-corrected chi connectivity index (χ2v) is 5.97. The summed E-state index contributed by atoms with van der Waals surface area (Å²) in [6, 6.07) is 2.29. The van der Waals surface area contributed by atoms with Crippen molar-refractivity contribution < 1.29 is 0 Å². The van der Waals surface area contributed by atoms with Gasteiger partial charge in [-0.15, -0.1) is 0 Å². The predicted octanol–water partition coefficient (Wildman–Crippen LogP) is 2.50. The van der Waals surface area contributed by atoms with Gasteiger partial charge in [0.2, 0.25) is 0 Å². The van der Waals surface area contributed by atoms with E-state index >= 15 is 0 Å². The van der Waals surface area contributed by atoms with Crippen molar-refractivity contribution in [3.8, 4) is 0 Å². The molecule has 1 atom stereocenters. The van der Waals surface area contributed by atoms with Crippen molar-refractivity contribution in [2.75, 3.05) is 5.32 Å². The topological polar surface area (TPSA) is 75.1 Å². The Bertz CT molecular complexity index is 668. The molecule has 2 aromatic rings. The smallest absolute Gasteiger partial charge is 0.349 e. The fourth-order valence-corrected chi connectivity index (χ4v) is 3.45.